The average molecular weight is 593 g/mol. The van der Waals surface area contributed by atoms with E-state index in [1.54, 1.807) is 0 Å². The summed E-state index contributed by atoms with van der Waals surface area (Å²) >= 11 is 0. The largest absolute Gasteiger partial charge is 0.461 e. The van der Waals surface area contributed by atoms with Crippen LogP contribution < -0.4 is 4.74 Å². The van der Waals surface area contributed by atoms with Crippen molar-refractivity contribution in [3.05, 3.63) is 180 Å². The van der Waals surface area contributed by atoms with E-state index >= 15 is 0 Å². The van der Waals surface area contributed by atoms with Gasteiger partial charge in [0.15, 0.2) is 5.82 Å². The van der Waals surface area contributed by atoms with Gasteiger partial charge in [-0.3, -0.25) is 0 Å². The van der Waals surface area contributed by atoms with Crippen molar-refractivity contribution in [1.29, 1.82) is 0 Å². The zero-order chi connectivity index (χ0) is 30.7. The molecule has 0 amide bonds. The van der Waals surface area contributed by atoms with Crippen molar-refractivity contribution in [3.63, 3.8) is 0 Å². The van der Waals surface area contributed by atoms with Gasteiger partial charge in [-0.25, -0.2) is 9.97 Å². The molecule has 1 spiro atoms. The van der Waals surface area contributed by atoms with Crippen molar-refractivity contribution < 1.29 is 4.74 Å². The Bertz CT molecular complexity index is 2180. The summed E-state index contributed by atoms with van der Waals surface area (Å²) < 4.78 is 6.63. The molecule has 0 radical (unpaired) electrons. The van der Waals surface area contributed by atoms with Crippen molar-refractivity contribution in [2.24, 2.45) is 11.8 Å². The molecule has 0 saturated carbocycles. The molecule has 9 rings (SSSR count). The molecule has 3 nitrogen and oxygen atoms in total. The van der Waals surface area contributed by atoms with Gasteiger partial charge < -0.3 is 4.74 Å². The predicted molar refractivity (Wildman–Crippen MR) is 186 cm³/mol. The van der Waals surface area contributed by atoms with Crippen LogP contribution in [0, 0.1) is 11.8 Å². The standard InChI is InChI=1S/C43H32N2O/c1-28-14-13-23-40-41(28)43(36-21-11-12-22-39(36)46-40)34-20-10-9-19-32(34)33-26-31(24-25-35(33)43)38-27-37(29-15-5-2-3-6-16-29)44-42(45-38)30-17-7-4-8-18-30/h2,4-28,41H,3H2,1H3/t28-,41?,43?/m0/s1. The highest BCUT2D eigenvalue weighted by atomic mass is 16.5. The molecule has 0 bridgehead atoms. The lowest BCUT2D eigenvalue weighted by atomic mass is 9.58. The molecule has 3 aliphatic carbocycles. The highest BCUT2D eigenvalue weighted by Crippen LogP contribution is 2.64. The first-order valence-electron chi connectivity index (χ1n) is 16.1. The highest BCUT2D eigenvalue weighted by molar-refractivity contribution is 5.88. The minimum absolute atomic E-state index is 0.137. The lowest BCUT2D eigenvalue weighted by Crippen LogP contribution is -2.45. The third-order valence-electron chi connectivity index (χ3n) is 9.93. The van der Waals surface area contributed by atoms with Crippen molar-refractivity contribution >= 4 is 5.57 Å². The van der Waals surface area contributed by atoms with E-state index in [0.717, 1.165) is 51.8 Å². The van der Waals surface area contributed by atoms with Gasteiger partial charge >= 0.3 is 0 Å². The topological polar surface area (TPSA) is 35.0 Å². The molecule has 1 aliphatic heterocycles. The number of allylic oxidation sites excluding steroid dienone is 10. The summed E-state index contributed by atoms with van der Waals surface area (Å²) in [5.41, 5.74) is 11.0. The fraction of sp³-hybridized carbons (Fsp3) is 0.116. The van der Waals surface area contributed by atoms with E-state index in [2.05, 4.69) is 140 Å². The van der Waals surface area contributed by atoms with Crippen LogP contribution in [-0.4, -0.2) is 9.97 Å². The van der Waals surface area contributed by atoms with Crippen LogP contribution in [-0.2, 0) is 5.41 Å². The Labute approximate surface area is 269 Å². The second-order valence-corrected chi connectivity index (χ2v) is 12.5. The molecule has 0 fully saturated rings. The Morgan fingerprint density at radius 3 is 2.37 bits per heavy atom. The maximum atomic E-state index is 6.63. The monoisotopic (exact) mass is 592 g/mol. The number of para-hydroxylation sites is 1. The van der Waals surface area contributed by atoms with E-state index in [1.165, 1.54) is 27.8 Å². The van der Waals surface area contributed by atoms with Crippen LogP contribution in [0.5, 0.6) is 5.75 Å². The second kappa shape index (κ2) is 10.5. The SMILES string of the molecule is C[C@H]1C=CC=C2Oc3ccccc3C3(c4ccccc4-c4cc(-c5cc(C6=CC=CCC=C6)nc(-c6ccccc6)n5)ccc43)C21. The van der Waals surface area contributed by atoms with Crippen molar-refractivity contribution in [3.8, 4) is 39.5 Å². The van der Waals surface area contributed by atoms with Crippen molar-refractivity contribution in [1.82, 2.24) is 9.97 Å². The Morgan fingerprint density at radius 1 is 0.674 bits per heavy atom. The van der Waals surface area contributed by atoms with Gasteiger partial charge in [0.05, 0.1) is 16.8 Å². The fourth-order valence-corrected chi connectivity index (χ4v) is 7.99. The molecule has 2 unspecified atom stereocenters. The zero-order valence-corrected chi connectivity index (χ0v) is 25.6. The minimum atomic E-state index is -0.371. The molecule has 3 heteroatoms. The van der Waals surface area contributed by atoms with E-state index in [1.807, 2.05) is 18.2 Å². The first-order chi connectivity index (χ1) is 22.7. The molecule has 4 aromatic carbocycles. The van der Waals surface area contributed by atoms with Crippen LogP contribution in [0.3, 0.4) is 0 Å². The lowest BCUT2D eigenvalue weighted by molar-refractivity contribution is 0.216. The molecular formula is C43H32N2O. The number of benzene rings is 4. The van der Waals surface area contributed by atoms with Crippen LogP contribution in [0.4, 0.5) is 0 Å². The highest BCUT2D eigenvalue weighted by Gasteiger charge is 2.56. The van der Waals surface area contributed by atoms with Gasteiger partial charge in [-0.2, -0.15) is 0 Å². The zero-order valence-electron chi connectivity index (χ0n) is 25.6. The van der Waals surface area contributed by atoms with E-state index in [0.29, 0.717) is 5.92 Å². The number of ether oxygens (including phenoxy) is 1. The van der Waals surface area contributed by atoms with Crippen molar-refractivity contribution in [2.45, 2.75) is 18.8 Å². The maximum absolute atomic E-state index is 6.63. The minimum Gasteiger partial charge on any atom is -0.461 e. The van der Waals surface area contributed by atoms with Crippen LogP contribution in [0.25, 0.3) is 39.3 Å². The normalized spacial score (nSPS) is 21.8. The molecule has 4 aliphatic rings. The van der Waals surface area contributed by atoms with Crippen LogP contribution in [0.2, 0.25) is 0 Å². The van der Waals surface area contributed by atoms with Gasteiger partial charge in [-0.15, -0.1) is 0 Å². The molecule has 2 heterocycles. The average Bonchev–Trinajstić information content (AvgIpc) is 3.24. The van der Waals surface area contributed by atoms with Crippen molar-refractivity contribution in [2.75, 3.05) is 0 Å². The molecule has 0 saturated heterocycles. The number of aromatic nitrogens is 2. The number of nitrogens with zero attached hydrogens (tertiary/aromatic N) is 2. The van der Waals surface area contributed by atoms with E-state index < -0.39 is 0 Å². The Morgan fingerprint density at radius 2 is 1.46 bits per heavy atom. The third-order valence-corrected chi connectivity index (χ3v) is 9.93. The summed E-state index contributed by atoms with van der Waals surface area (Å²) in [7, 11) is 0. The van der Waals surface area contributed by atoms with Gasteiger partial charge in [-0.1, -0.05) is 134 Å². The van der Waals surface area contributed by atoms with Gasteiger partial charge in [0.1, 0.15) is 11.5 Å². The molecular weight excluding hydrogens is 560 g/mol. The number of fused-ring (bicyclic) bond motifs is 9. The first kappa shape index (κ1) is 26.8. The quantitative estimate of drug-likeness (QED) is 0.209. The Hall–Kier alpha value is -5.54. The summed E-state index contributed by atoms with van der Waals surface area (Å²) in [6, 6.07) is 36.9. The predicted octanol–water partition coefficient (Wildman–Crippen LogP) is 10.1. The fourth-order valence-electron chi connectivity index (χ4n) is 7.99. The number of hydrogen-bond acceptors (Lipinski definition) is 3. The van der Waals surface area contributed by atoms with E-state index in [-0.39, 0.29) is 11.3 Å². The van der Waals surface area contributed by atoms with Gasteiger partial charge in [0.25, 0.3) is 0 Å². The van der Waals surface area contributed by atoms with Crippen LogP contribution in [0.15, 0.2) is 157 Å². The van der Waals surface area contributed by atoms with Gasteiger partial charge in [0.2, 0.25) is 0 Å². The molecule has 3 atom stereocenters. The van der Waals surface area contributed by atoms with Crippen LogP contribution in [0.1, 0.15) is 35.7 Å². The first-order valence-corrected chi connectivity index (χ1v) is 16.1. The molecule has 220 valence electrons. The molecule has 5 aromatic rings. The Kier molecular flexibility index (Phi) is 6.14. The smallest absolute Gasteiger partial charge is 0.160 e. The van der Waals surface area contributed by atoms with Crippen LogP contribution >= 0.6 is 0 Å². The second-order valence-electron chi connectivity index (χ2n) is 12.5. The number of rotatable bonds is 3. The van der Waals surface area contributed by atoms with Gasteiger partial charge in [-0.05, 0) is 64.4 Å². The summed E-state index contributed by atoms with van der Waals surface area (Å²) in [5, 5.41) is 0. The maximum Gasteiger partial charge on any atom is 0.160 e. The molecule has 1 aromatic heterocycles. The molecule has 0 N–H and O–H groups in total. The van der Waals surface area contributed by atoms with E-state index in [9.17, 15) is 0 Å². The van der Waals surface area contributed by atoms with Gasteiger partial charge in [0, 0.05) is 22.6 Å². The lowest BCUT2D eigenvalue weighted by Gasteiger charge is -2.48. The molecule has 46 heavy (non-hydrogen) atoms. The summed E-state index contributed by atoms with van der Waals surface area (Å²) in [5.74, 6) is 3.12. The van der Waals surface area contributed by atoms with E-state index in [4.69, 9.17) is 14.7 Å². The third kappa shape index (κ3) is 3.98. The Balaban J connectivity index is 1.28. The summed E-state index contributed by atoms with van der Waals surface area (Å²) in [4.78, 5) is 10.2. The summed E-state index contributed by atoms with van der Waals surface area (Å²) in [6.07, 6.45) is 18.3. The summed E-state index contributed by atoms with van der Waals surface area (Å²) in [6.45, 7) is 2.32. The number of hydrogen-bond donors (Lipinski definition) is 0.